The first-order valence-electron chi connectivity index (χ1n) is 5.17. The maximum atomic E-state index is 13.0. The van der Waals surface area contributed by atoms with Gasteiger partial charge in [-0.15, -0.1) is 0 Å². The van der Waals surface area contributed by atoms with E-state index in [9.17, 15) is 9.18 Å². The number of nitrogens with zero attached hydrogens (tertiary/aromatic N) is 2. The van der Waals surface area contributed by atoms with Gasteiger partial charge in [-0.05, 0) is 18.2 Å². The van der Waals surface area contributed by atoms with E-state index in [4.69, 9.17) is 16.0 Å². The Morgan fingerprint density at radius 2 is 2.39 bits per heavy atom. The zero-order valence-corrected chi connectivity index (χ0v) is 10.3. The maximum absolute atomic E-state index is 13.0. The van der Waals surface area contributed by atoms with Crippen molar-refractivity contribution in [3.8, 4) is 0 Å². The van der Waals surface area contributed by atoms with E-state index in [0.29, 0.717) is 5.76 Å². The Labute approximate surface area is 108 Å². The van der Waals surface area contributed by atoms with Crippen LogP contribution < -0.4 is 0 Å². The fourth-order valence-electron chi connectivity index (χ4n) is 1.49. The number of carbonyl (C=O) groups is 1. The molecule has 1 amide bonds. The van der Waals surface area contributed by atoms with Crippen molar-refractivity contribution < 1.29 is 13.6 Å². The van der Waals surface area contributed by atoms with E-state index in [0.717, 1.165) is 12.3 Å². The molecule has 0 saturated carbocycles. The van der Waals surface area contributed by atoms with E-state index in [2.05, 4.69) is 4.98 Å². The van der Waals surface area contributed by atoms with Crippen molar-refractivity contribution in [3.63, 3.8) is 0 Å². The van der Waals surface area contributed by atoms with Crippen LogP contribution in [-0.4, -0.2) is 22.8 Å². The molecule has 0 aliphatic carbocycles. The van der Waals surface area contributed by atoms with Gasteiger partial charge in [0.1, 0.15) is 16.7 Å². The first-order valence-corrected chi connectivity index (χ1v) is 5.54. The number of pyridine rings is 1. The molecule has 0 unspecified atom stereocenters. The van der Waals surface area contributed by atoms with Crippen LogP contribution in [-0.2, 0) is 6.54 Å². The Morgan fingerprint density at radius 3 is 3.06 bits per heavy atom. The Kier molecular flexibility index (Phi) is 3.62. The van der Waals surface area contributed by atoms with Crippen LogP contribution >= 0.6 is 11.6 Å². The van der Waals surface area contributed by atoms with Crippen molar-refractivity contribution in [1.82, 2.24) is 9.88 Å². The smallest absolute Gasteiger partial charge is 0.257 e. The van der Waals surface area contributed by atoms with Gasteiger partial charge in [0.2, 0.25) is 0 Å². The summed E-state index contributed by atoms with van der Waals surface area (Å²) in [4.78, 5) is 17.0. The Hall–Kier alpha value is -1.88. The molecule has 0 aliphatic heterocycles. The third-order valence-corrected chi connectivity index (χ3v) is 2.66. The lowest BCUT2D eigenvalue weighted by Gasteiger charge is -2.16. The number of halogens is 2. The zero-order chi connectivity index (χ0) is 13.1. The van der Waals surface area contributed by atoms with Crippen LogP contribution in [0.4, 0.5) is 4.39 Å². The number of hydrogen-bond donors (Lipinski definition) is 0. The molecule has 2 aromatic heterocycles. The Bertz CT molecular complexity index is 557. The molecule has 2 aromatic rings. The van der Waals surface area contributed by atoms with Gasteiger partial charge in [0.25, 0.3) is 5.91 Å². The van der Waals surface area contributed by atoms with Crippen LogP contribution in [0.3, 0.4) is 0 Å². The summed E-state index contributed by atoms with van der Waals surface area (Å²) in [6.07, 6.45) is 2.48. The summed E-state index contributed by atoms with van der Waals surface area (Å²) in [6, 6.07) is 4.54. The normalized spacial score (nSPS) is 10.4. The molecular weight excluding hydrogens is 259 g/mol. The SMILES string of the molecule is CN(Cc1ccco1)C(=O)c1cc(F)cnc1Cl. The third kappa shape index (κ3) is 2.68. The molecule has 0 radical (unpaired) electrons. The molecule has 6 heteroatoms. The lowest BCUT2D eigenvalue weighted by Crippen LogP contribution is -2.26. The standard InChI is InChI=1S/C12H10ClFN2O2/c1-16(7-9-3-2-4-18-9)12(17)10-5-8(14)6-15-11(10)13/h2-6H,7H2,1H3. The number of aromatic nitrogens is 1. The topological polar surface area (TPSA) is 46.3 Å². The van der Waals surface area contributed by atoms with Crippen LogP contribution in [0.25, 0.3) is 0 Å². The van der Waals surface area contributed by atoms with Gasteiger partial charge in [0.15, 0.2) is 0 Å². The van der Waals surface area contributed by atoms with Crippen molar-refractivity contribution in [3.05, 3.63) is 53.0 Å². The average Bonchev–Trinajstić information content (AvgIpc) is 2.84. The van der Waals surface area contributed by atoms with E-state index >= 15 is 0 Å². The minimum atomic E-state index is -0.603. The van der Waals surface area contributed by atoms with Gasteiger partial charge in [-0.2, -0.15) is 0 Å². The summed E-state index contributed by atoms with van der Waals surface area (Å²) in [7, 11) is 1.58. The second-order valence-corrected chi connectivity index (χ2v) is 4.09. The summed E-state index contributed by atoms with van der Waals surface area (Å²) in [5.41, 5.74) is 0.0331. The highest BCUT2D eigenvalue weighted by molar-refractivity contribution is 6.32. The zero-order valence-electron chi connectivity index (χ0n) is 9.56. The Morgan fingerprint density at radius 1 is 1.61 bits per heavy atom. The predicted octanol–water partition coefficient (Wildman–Crippen LogP) is 2.74. The molecular formula is C12H10ClFN2O2. The fraction of sp³-hybridized carbons (Fsp3) is 0.167. The quantitative estimate of drug-likeness (QED) is 0.804. The van der Waals surface area contributed by atoms with E-state index in [-0.39, 0.29) is 17.3 Å². The molecule has 0 aromatic carbocycles. The summed E-state index contributed by atoms with van der Waals surface area (Å²) < 4.78 is 18.2. The van der Waals surface area contributed by atoms with Crippen molar-refractivity contribution in [2.24, 2.45) is 0 Å². The van der Waals surface area contributed by atoms with E-state index in [1.54, 1.807) is 19.2 Å². The van der Waals surface area contributed by atoms with Crippen molar-refractivity contribution in [2.75, 3.05) is 7.05 Å². The van der Waals surface area contributed by atoms with Gasteiger partial charge >= 0.3 is 0 Å². The predicted molar refractivity (Wildman–Crippen MR) is 63.7 cm³/mol. The highest BCUT2D eigenvalue weighted by Gasteiger charge is 2.17. The van der Waals surface area contributed by atoms with Crippen molar-refractivity contribution >= 4 is 17.5 Å². The highest BCUT2D eigenvalue weighted by Crippen LogP contribution is 2.16. The van der Waals surface area contributed by atoms with Crippen LogP contribution in [0.5, 0.6) is 0 Å². The molecule has 0 saturated heterocycles. The van der Waals surface area contributed by atoms with E-state index < -0.39 is 11.7 Å². The molecule has 0 atom stereocenters. The summed E-state index contributed by atoms with van der Waals surface area (Å²) >= 11 is 5.77. The maximum Gasteiger partial charge on any atom is 0.257 e. The summed E-state index contributed by atoms with van der Waals surface area (Å²) in [6.45, 7) is 0.276. The second kappa shape index (κ2) is 5.18. The average molecular weight is 269 g/mol. The van der Waals surface area contributed by atoms with Gasteiger partial charge in [0, 0.05) is 7.05 Å². The highest BCUT2D eigenvalue weighted by atomic mass is 35.5. The third-order valence-electron chi connectivity index (χ3n) is 2.36. The number of rotatable bonds is 3. The first-order chi connectivity index (χ1) is 8.58. The molecule has 2 heterocycles. The summed E-state index contributed by atoms with van der Waals surface area (Å²) in [5.74, 6) is -0.385. The number of hydrogen-bond acceptors (Lipinski definition) is 3. The lowest BCUT2D eigenvalue weighted by atomic mass is 10.2. The van der Waals surface area contributed by atoms with Gasteiger partial charge in [-0.1, -0.05) is 11.6 Å². The van der Waals surface area contributed by atoms with Gasteiger partial charge < -0.3 is 9.32 Å². The van der Waals surface area contributed by atoms with Crippen LogP contribution in [0.15, 0.2) is 35.1 Å². The second-order valence-electron chi connectivity index (χ2n) is 3.73. The largest absolute Gasteiger partial charge is 0.467 e. The number of furan rings is 1. The fourth-order valence-corrected chi connectivity index (χ4v) is 1.67. The molecule has 0 fully saturated rings. The molecule has 0 aliphatic rings. The molecule has 94 valence electrons. The number of carbonyl (C=O) groups excluding carboxylic acids is 1. The minimum Gasteiger partial charge on any atom is -0.467 e. The molecule has 4 nitrogen and oxygen atoms in total. The lowest BCUT2D eigenvalue weighted by molar-refractivity contribution is 0.0774. The molecule has 2 rings (SSSR count). The minimum absolute atomic E-state index is 0.0207. The molecule has 0 bridgehead atoms. The Balaban J connectivity index is 2.17. The van der Waals surface area contributed by atoms with Gasteiger partial charge in [-0.3, -0.25) is 4.79 Å². The summed E-state index contributed by atoms with van der Waals surface area (Å²) in [5, 5.41) is -0.0207. The van der Waals surface area contributed by atoms with Gasteiger partial charge in [-0.25, -0.2) is 9.37 Å². The van der Waals surface area contributed by atoms with Crippen LogP contribution in [0.1, 0.15) is 16.1 Å². The van der Waals surface area contributed by atoms with Crippen LogP contribution in [0, 0.1) is 5.82 Å². The monoisotopic (exact) mass is 268 g/mol. The molecule has 18 heavy (non-hydrogen) atoms. The van der Waals surface area contributed by atoms with Crippen molar-refractivity contribution in [2.45, 2.75) is 6.54 Å². The molecule has 0 spiro atoms. The number of amides is 1. The van der Waals surface area contributed by atoms with Gasteiger partial charge in [0.05, 0.1) is 24.6 Å². The van der Waals surface area contributed by atoms with E-state index in [1.165, 1.54) is 11.2 Å². The molecule has 0 N–H and O–H groups in total. The first kappa shape index (κ1) is 12.6. The van der Waals surface area contributed by atoms with Crippen LogP contribution in [0.2, 0.25) is 5.15 Å². The van der Waals surface area contributed by atoms with Crippen molar-refractivity contribution in [1.29, 1.82) is 0 Å². The van der Waals surface area contributed by atoms with E-state index in [1.807, 2.05) is 0 Å².